The van der Waals surface area contributed by atoms with Gasteiger partial charge in [0.1, 0.15) is 5.82 Å². The molecule has 4 rings (SSSR count). The van der Waals surface area contributed by atoms with Crippen LogP contribution < -0.4 is 5.32 Å². The van der Waals surface area contributed by atoms with Crippen molar-refractivity contribution in [2.75, 3.05) is 13.1 Å². The van der Waals surface area contributed by atoms with Crippen LogP contribution in [0, 0.1) is 13.8 Å². The molecule has 2 aromatic heterocycles. The molecule has 0 saturated carbocycles. The Morgan fingerprint density at radius 2 is 1.71 bits per heavy atom. The third kappa shape index (κ3) is 2.76. The van der Waals surface area contributed by atoms with Gasteiger partial charge in [0.25, 0.3) is 0 Å². The number of rotatable bonds is 3. The van der Waals surface area contributed by atoms with Crippen molar-refractivity contribution in [3.05, 3.63) is 71.5 Å². The van der Waals surface area contributed by atoms with E-state index in [0.717, 1.165) is 24.6 Å². The second-order valence-electron chi connectivity index (χ2n) is 6.64. The zero-order valence-electron chi connectivity index (χ0n) is 14.3. The number of benzene rings is 1. The van der Waals surface area contributed by atoms with Crippen molar-refractivity contribution < 1.29 is 0 Å². The first-order valence-corrected chi connectivity index (χ1v) is 8.66. The van der Waals surface area contributed by atoms with Gasteiger partial charge in [0.2, 0.25) is 0 Å². The molecule has 1 fully saturated rings. The quantitative estimate of drug-likeness (QED) is 0.783. The Morgan fingerprint density at radius 1 is 0.958 bits per heavy atom. The molecule has 122 valence electrons. The van der Waals surface area contributed by atoms with Gasteiger partial charge in [-0.3, -0.25) is 0 Å². The Morgan fingerprint density at radius 3 is 2.38 bits per heavy atom. The SMILES string of the molecule is Cc1ccc(C)n1-c1cccc(-c2ccc(C3CCNC3)cc2)n1. The van der Waals surface area contributed by atoms with Gasteiger partial charge in [-0.2, -0.15) is 0 Å². The van der Waals surface area contributed by atoms with E-state index in [0.29, 0.717) is 5.92 Å². The van der Waals surface area contributed by atoms with Crippen LogP contribution in [0.1, 0.15) is 29.3 Å². The van der Waals surface area contributed by atoms with E-state index in [-0.39, 0.29) is 0 Å². The van der Waals surface area contributed by atoms with Gasteiger partial charge in [0, 0.05) is 23.5 Å². The van der Waals surface area contributed by atoms with Gasteiger partial charge in [-0.05, 0) is 62.6 Å². The maximum Gasteiger partial charge on any atom is 0.137 e. The molecule has 1 aromatic carbocycles. The highest BCUT2D eigenvalue weighted by atomic mass is 15.1. The molecule has 1 aliphatic rings. The first-order chi connectivity index (χ1) is 11.7. The molecule has 3 nitrogen and oxygen atoms in total. The van der Waals surface area contributed by atoms with E-state index in [1.54, 1.807) is 0 Å². The number of aromatic nitrogens is 2. The summed E-state index contributed by atoms with van der Waals surface area (Å²) < 4.78 is 2.20. The highest BCUT2D eigenvalue weighted by Gasteiger charge is 2.16. The second kappa shape index (κ2) is 6.25. The summed E-state index contributed by atoms with van der Waals surface area (Å²) >= 11 is 0. The lowest BCUT2D eigenvalue weighted by atomic mass is 9.97. The third-order valence-corrected chi connectivity index (χ3v) is 4.97. The third-order valence-electron chi connectivity index (χ3n) is 4.97. The first-order valence-electron chi connectivity index (χ1n) is 8.66. The van der Waals surface area contributed by atoms with E-state index in [9.17, 15) is 0 Å². The molecule has 24 heavy (non-hydrogen) atoms. The van der Waals surface area contributed by atoms with Crippen LogP contribution in [-0.2, 0) is 0 Å². The van der Waals surface area contributed by atoms with E-state index in [2.05, 4.69) is 78.3 Å². The van der Waals surface area contributed by atoms with Gasteiger partial charge in [-0.15, -0.1) is 0 Å². The monoisotopic (exact) mass is 317 g/mol. The summed E-state index contributed by atoms with van der Waals surface area (Å²) in [6, 6.07) is 19.4. The van der Waals surface area contributed by atoms with Crippen molar-refractivity contribution in [3.8, 4) is 17.1 Å². The summed E-state index contributed by atoms with van der Waals surface area (Å²) in [5.74, 6) is 1.64. The molecular weight excluding hydrogens is 294 g/mol. The Hall–Kier alpha value is -2.39. The van der Waals surface area contributed by atoms with Crippen molar-refractivity contribution in [1.29, 1.82) is 0 Å². The van der Waals surface area contributed by atoms with Gasteiger partial charge in [-0.1, -0.05) is 30.3 Å². The van der Waals surface area contributed by atoms with Crippen LogP contribution in [0.3, 0.4) is 0 Å². The summed E-state index contributed by atoms with van der Waals surface area (Å²) in [4.78, 5) is 4.88. The van der Waals surface area contributed by atoms with Crippen LogP contribution in [-0.4, -0.2) is 22.6 Å². The maximum atomic E-state index is 4.88. The van der Waals surface area contributed by atoms with Crippen molar-refractivity contribution in [3.63, 3.8) is 0 Å². The zero-order valence-corrected chi connectivity index (χ0v) is 14.3. The van der Waals surface area contributed by atoms with Gasteiger partial charge in [0.05, 0.1) is 5.69 Å². The smallest absolute Gasteiger partial charge is 0.137 e. The standard InChI is InChI=1S/C21H23N3/c1-15-6-7-16(2)24(15)21-5-3-4-20(23-21)18-10-8-17(9-11-18)19-12-13-22-14-19/h3-11,19,22H,12-14H2,1-2H3. The van der Waals surface area contributed by atoms with Crippen LogP contribution >= 0.6 is 0 Å². The van der Waals surface area contributed by atoms with Crippen LogP contribution in [0.15, 0.2) is 54.6 Å². The number of pyridine rings is 1. The Kier molecular flexibility index (Phi) is 3.95. The van der Waals surface area contributed by atoms with E-state index < -0.39 is 0 Å². The molecular formula is C21H23N3. The molecule has 3 heterocycles. The lowest BCUT2D eigenvalue weighted by Gasteiger charge is -2.12. The molecule has 1 aliphatic heterocycles. The lowest BCUT2D eigenvalue weighted by Crippen LogP contribution is -2.07. The molecule has 0 aliphatic carbocycles. The van der Waals surface area contributed by atoms with E-state index >= 15 is 0 Å². The predicted octanol–water partition coefficient (Wildman–Crippen LogP) is 4.23. The van der Waals surface area contributed by atoms with E-state index in [1.165, 1.54) is 28.9 Å². The predicted molar refractivity (Wildman–Crippen MR) is 98.7 cm³/mol. The minimum atomic E-state index is 0.656. The van der Waals surface area contributed by atoms with Crippen LogP contribution in [0.5, 0.6) is 0 Å². The van der Waals surface area contributed by atoms with Crippen molar-refractivity contribution in [2.45, 2.75) is 26.2 Å². The van der Waals surface area contributed by atoms with Crippen LogP contribution in [0.25, 0.3) is 17.1 Å². The van der Waals surface area contributed by atoms with E-state index in [1.807, 2.05) is 0 Å². The summed E-state index contributed by atoms with van der Waals surface area (Å²) in [7, 11) is 0. The highest BCUT2D eigenvalue weighted by Crippen LogP contribution is 2.26. The molecule has 1 saturated heterocycles. The number of hydrogen-bond donors (Lipinski definition) is 1. The fourth-order valence-electron chi connectivity index (χ4n) is 3.60. The lowest BCUT2D eigenvalue weighted by molar-refractivity contribution is 0.763. The number of nitrogens with one attached hydrogen (secondary N) is 1. The number of hydrogen-bond acceptors (Lipinski definition) is 2. The Labute approximate surface area is 143 Å². The average Bonchev–Trinajstić information content (AvgIpc) is 3.25. The molecule has 0 spiro atoms. The molecule has 3 aromatic rings. The van der Waals surface area contributed by atoms with E-state index in [4.69, 9.17) is 4.98 Å². The van der Waals surface area contributed by atoms with Gasteiger partial charge in [-0.25, -0.2) is 4.98 Å². The molecule has 1 unspecified atom stereocenters. The first kappa shape index (κ1) is 15.2. The summed E-state index contributed by atoms with van der Waals surface area (Å²) in [5, 5.41) is 3.44. The molecule has 3 heteroatoms. The molecule has 0 amide bonds. The second-order valence-corrected chi connectivity index (χ2v) is 6.64. The van der Waals surface area contributed by atoms with Gasteiger partial charge in [0.15, 0.2) is 0 Å². The Balaban J connectivity index is 1.66. The zero-order chi connectivity index (χ0) is 16.5. The summed E-state index contributed by atoms with van der Waals surface area (Å²) in [6.45, 7) is 6.46. The summed E-state index contributed by atoms with van der Waals surface area (Å²) in [5.41, 5.74) is 6.05. The number of nitrogens with zero attached hydrogens (tertiary/aromatic N) is 2. The van der Waals surface area contributed by atoms with Crippen molar-refractivity contribution in [1.82, 2.24) is 14.9 Å². The molecule has 0 bridgehead atoms. The van der Waals surface area contributed by atoms with Gasteiger partial charge >= 0.3 is 0 Å². The average molecular weight is 317 g/mol. The topological polar surface area (TPSA) is 29.9 Å². The highest BCUT2D eigenvalue weighted by molar-refractivity contribution is 5.60. The molecule has 0 radical (unpaired) electrons. The largest absolute Gasteiger partial charge is 0.316 e. The van der Waals surface area contributed by atoms with Crippen molar-refractivity contribution in [2.24, 2.45) is 0 Å². The van der Waals surface area contributed by atoms with Crippen molar-refractivity contribution >= 4 is 0 Å². The fraction of sp³-hybridized carbons (Fsp3) is 0.286. The minimum Gasteiger partial charge on any atom is -0.316 e. The van der Waals surface area contributed by atoms with Crippen LogP contribution in [0.2, 0.25) is 0 Å². The normalized spacial score (nSPS) is 17.3. The minimum absolute atomic E-state index is 0.656. The Bertz CT molecular complexity index is 820. The van der Waals surface area contributed by atoms with Crippen LogP contribution in [0.4, 0.5) is 0 Å². The van der Waals surface area contributed by atoms with Gasteiger partial charge < -0.3 is 9.88 Å². The molecule has 1 atom stereocenters. The fourth-order valence-corrected chi connectivity index (χ4v) is 3.60. The summed E-state index contributed by atoms with van der Waals surface area (Å²) in [6.07, 6.45) is 1.24. The number of aryl methyl sites for hydroxylation is 2. The maximum absolute atomic E-state index is 4.88. The molecule has 1 N–H and O–H groups in total.